The third-order valence-corrected chi connectivity index (χ3v) is 8.07. The van der Waals surface area contributed by atoms with E-state index in [0.29, 0.717) is 35.8 Å². The largest absolute Gasteiger partial charge is 0.489 e. The van der Waals surface area contributed by atoms with Crippen molar-refractivity contribution in [1.82, 2.24) is 14.9 Å². The van der Waals surface area contributed by atoms with Gasteiger partial charge in [-0.15, -0.1) is 0 Å². The molecule has 0 aliphatic carbocycles. The Hall–Kier alpha value is -5.56. The summed E-state index contributed by atoms with van der Waals surface area (Å²) in [6, 6.07) is 31.6. The molecule has 2 aromatic heterocycles. The summed E-state index contributed by atoms with van der Waals surface area (Å²) >= 11 is 0. The number of carbonyl (C=O) groups is 2. The zero-order chi connectivity index (χ0) is 28.4. The Bertz CT molecular complexity index is 2040. The molecule has 0 unspecified atom stereocenters. The molecule has 7 heteroatoms. The standard InChI is InChI=1S/C35H25N3O4/c1-38-34(39)30-28-24-14-12-22(41-18-20-8-4-2-5-9-20)16-26(24)36-32(28)33-29(31(30)35(38)40)25-15-13-23(17-27(25)37-33)42-19-21-10-6-3-7-11-21/h2-17,36-37H,18-19H2,1H3. The normalized spacial score (nSPS) is 13.1. The van der Waals surface area contributed by atoms with Gasteiger partial charge in [0.2, 0.25) is 0 Å². The second-order valence-corrected chi connectivity index (χ2v) is 10.6. The molecule has 1 aliphatic heterocycles. The number of aromatic amines is 2. The summed E-state index contributed by atoms with van der Waals surface area (Å²) in [6.45, 7) is 0.890. The fraction of sp³-hybridized carbons (Fsp3) is 0.0857. The molecule has 204 valence electrons. The van der Waals surface area contributed by atoms with Gasteiger partial charge in [0.05, 0.1) is 33.2 Å². The molecule has 7 nitrogen and oxygen atoms in total. The lowest BCUT2D eigenvalue weighted by Gasteiger charge is -2.07. The minimum Gasteiger partial charge on any atom is -0.489 e. The first-order chi connectivity index (χ1) is 20.6. The number of aromatic nitrogens is 2. The molecule has 0 atom stereocenters. The maximum absolute atomic E-state index is 13.5. The van der Waals surface area contributed by atoms with E-state index in [4.69, 9.17) is 9.47 Å². The second kappa shape index (κ2) is 9.24. The second-order valence-electron chi connectivity index (χ2n) is 10.6. The highest BCUT2D eigenvalue weighted by Crippen LogP contribution is 2.44. The van der Waals surface area contributed by atoms with Gasteiger partial charge in [0.25, 0.3) is 11.8 Å². The number of nitrogens with zero attached hydrogens (tertiary/aromatic N) is 1. The number of benzene rings is 5. The zero-order valence-corrected chi connectivity index (χ0v) is 22.7. The van der Waals surface area contributed by atoms with Gasteiger partial charge < -0.3 is 19.4 Å². The number of ether oxygens (including phenoxy) is 2. The van der Waals surface area contributed by atoms with Gasteiger partial charge in [-0.25, -0.2) is 0 Å². The highest BCUT2D eigenvalue weighted by atomic mass is 16.5. The van der Waals surface area contributed by atoms with E-state index in [-0.39, 0.29) is 11.8 Å². The molecule has 0 bridgehead atoms. The summed E-state index contributed by atoms with van der Waals surface area (Å²) in [5, 5.41) is 3.18. The van der Waals surface area contributed by atoms with Crippen molar-refractivity contribution in [1.29, 1.82) is 0 Å². The summed E-state index contributed by atoms with van der Waals surface area (Å²) in [6.07, 6.45) is 0. The quantitative estimate of drug-likeness (QED) is 0.212. The predicted octanol–water partition coefficient (Wildman–Crippen LogP) is 7.34. The van der Waals surface area contributed by atoms with Crippen molar-refractivity contribution in [3.63, 3.8) is 0 Å². The topological polar surface area (TPSA) is 87.4 Å². The van der Waals surface area contributed by atoms with Crippen LogP contribution in [0.25, 0.3) is 43.6 Å². The van der Waals surface area contributed by atoms with E-state index in [0.717, 1.165) is 54.7 Å². The minimum atomic E-state index is -0.302. The number of H-pyrrole nitrogens is 2. The first-order valence-corrected chi connectivity index (χ1v) is 13.8. The van der Waals surface area contributed by atoms with Crippen LogP contribution < -0.4 is 9.47 Å². The predicted molar refractivity (Wildman–Crippen MR) is 163 cm³/mol. The van der Waals surface area contributed by atoms with Crippen LogP contribution in [-0.4, -0.2) is 33.7 Å². The van der Waals surface area contributed by atoms with Crippen molar-refractivity contribution in [3.05, 3.63) is 119 Å². The van der Waals surface area contributed by atoms with Crippen LogP contribution in [0, 0.1) is 0 Å². The monoisotopic (exact) mass is 551 g/mol. The van der Waals surface area contributed by atoms with Crippen molar-refractivity contribution in [2.75, 3.05) is 7.05 Å². The van der Waals surface area contributed by atoms with Gasteiger partial charge in [0, 0.05) is 40.7 Å². The van der Waals surface area contributed by atoms with Gasteiger partial charge in [0.15, 0.2) is 0 Å². The Morgan fingerprint density at radius 1 is 0.595 bits per heavy atom. The van der Waals surface area contributed by atoms with E-state index in [2.05, 4.69) is 9.97 Å². The van der Waals surface area contributed by atoms with E-state index in [9.17, 15) is 9.59 Å². The third kappa shape index (κ3) is 3.67. The first kappa shape index (κ1) is 24.3. The van der Waals surface area contributed by atoms with Gasteiger partial charge in [-0.05, 0) is 35.4 Å². The molecular weight excluding hydrogens is 526 g/mol. The molecule has 2 N–H and O–H groups in total. The SMILES string of the molecule is CN1C(=O)c2c(c3c4ccc(OCc5ccccc5)cc4[nH]c3c3[nH]c4cc(OCc5ccccc5)ccc4c23)C1=O. The summed E-state index contributed by atoms with van der Waals surface area (Å²) in [5.74, 6) is 0.818. The Morgan fingerprint density at radius 2 is 1.02 bits per heavy atom. The molecule has 8 rings (SSSR count). The number of amides is 2. The first-order valence-electron chi connectivity index (χ1n) is 13.8. The van der Waals surface area contributed by atoms with Gasteiger partial charge in [0.1, 0.15) is 24.7 Å². The van der Waals surface area contributed by atoms with Crippen LogP contribution in [0.15, 0.2) is 97.1 Å². The number of hydrogen-bond acceptors (Lipinski definition) is 4. The van der Waals surface area contributed by atoms with Crippen LogP contribution in [-0.2, 0) is 13.2 Å². The summed E-state index contributed by atoms with van der Waals surface area (Å²) in [5.41, 5.74) is 6.21. The molecule has 0 fully saturated rings. The van der Waals surface area contributed by atoms with Crippen LogP contribution in [0.4, 0.5) is 0 Å². The lowest BCUT2D eigenvalue weighted by molar-refractivity contribution is 0.0694. The lowest BCUT2D eigenvalue weighted by Crippen LogP contribution is -2.24. The molecule has 3 heterocycles. The molecule has 2 amide bonds. The minimum absolute atomic E-state index is 0.302. The van der Waals surface area contributed by atoms with Gasteiger partial charge in [-0.2, -0.15) is 0 Å². The number of rotatable bonds is 6. The molecule has 7 aromatic rings. The van der Waals surface area contributed by atoms with Crippen LogP contribution >= 0.6 is 0 Å². The number of hydrogen-bond donors (Lipinski definition) is 2. The smallest absolute Gasteiger partial charge is 0.262 e. The van der Waals surface area contributed by atoms with E-state index in [1.165, 1.54) is 11.9 Å². The van der Waals surface area contributed by atoms with Crippen molar-refractivity contribution in [3.8, 4) is 11.5 Å². The van der Waals surface area contributed by atoms with E-state index in [1.807, 2.05) is 97.1 Å². The Morgan fingerprint density at radius 3 is 1.45 bits per heavy atom. The molecule has 0 saturated heterocycles. The van der Waals surface area contributed by atoms with E-state index >= 15 is 0 Å². The van der Waals surface area contributed by atoms with Crippen LogP contribution in [0.2, 0.25) is 0 Å². The van der Waals surface area contributed by atoms with Crippen molar-refractivity contribution < 1.29 is 19.1 Å². The molecule has 0 saturated carbocycles. The lowest BCUT2D eigenvalue weighted by atomic mass is 9.96. The number of imide groups is 1. The van der Waals surface area contributed by atoms with Crippen molar-refractivity contribution in [2.45, 2.75) is 13.2 Å². The van der Waals surface area contributed by atoms with Crippen LogP contribution in [0.3, 0.4) is 0 Å². The maximum atomic E-state index is 13.5. The van der Waals surface area contributed by atoms with E-state index in [1.54, 1.807) is 0 Å². The van der Waals surface area contributed by atoms with E-state index < -0.39 is 0 Å². The summed E-state index contributed by atoms with van der Waals surface area (Å²) < 4.78 is 12.2. The number of nitrogens with one attached hydrogen (secondary N) is 2. The molecular formula is C35H25N3O4. The van der Waals surface area contributed by atoms with Crippen molar-refractivity contribution in [2.24, 2.45) is 0 Å². The molecule has 0 radical (unpaired) electrons. The zero-order valence-electron chi connectivity index (χ0n) is 22.7. The average molecular weight is 552 g/mol. The molecule has 0 spiro atoms. The number of fused-ring (bicyclic) bond motifs is 10. The van der Waals surface area contributed by atoms with Gasteiger partial charge in [-0.1, -0.05) is 60.7 Å². The highest BCUT2D eigenvalue weighted by Gasteiger charge is 2.39. The Balaban J connectivity index is 1.29. The van der Waals surface area contributed by atoms with Gasteiger partial charge in [-0.3, -0.25) is 14.5 Å². The molecule has 42 heavy (non-hydrogen) atoms. The average Bonchev–Trinajstić information content (AvgIpc) is 3.66. The van der Waals surface area contributed by atoms with Crippen LogP contribution in [0.1, 0.15) is 31.8 Å². The highest BCUT2D eigenvalue weighted by molar-refractivity contribution is 6.39. The third-order valence-electron chi connectivity index (χ3n) is 8.07. The fourth-order valence-electron chi connectivity index (χ4n) is 6.01. The molecule has 5 aromatic carbocycles. The van der Waals surface area contributed by atoms with Crippen LogP contribution in [0.5, 0.6) is 11.5 Å². The fourth-order valence-corrected chi connectivity index (χ4v) is 6.01. The Kier molecular flexibility index (Phi) is 5.34. The maximum Gasteiger partial charge on any atom is 0.262 e. The summed E-state index contributed by atoms with van der Waals surface area (Å²) in [7, 11) is 1.54. The van der Waals surface area contributed by atoms with Crippen molar-refractivity contribution >= 4 is 55.4 Å². The van der Waals surface area contributed by atoms with Gasteiger partial charge >= 0.3 is 0 Å². The Labute approximate surface area is 240 Å². The summed E-state index contributed by atoms with van der Waals surface area (Å²) in [4.78, 5) is 35.3. The number of carbonyl (C=O) groups excluding carboxylic acids is 2. The molecule has 1 aliphatic rings.